The molecule has 1 aromatic carbocycles. The molecule has 1 atom stereocenters. The van der Waals surface area contributed by atoms with Crippen LogP contribution >= 0.6 is 10.7 Å². The number of benzene rings is 1. The van der Waals surface area contributed by atoms with E-state index in [0.29, 0.717) is 6.42 Å². The molecule has 0 aromatic heterocycles. The van der Waals surface area contributed by atoms with Crippen LogP contribution in [0.4, 0.5) is 0 Å². The molecule has 0 spiro atoms. The Hall–Kier alpha value is -1.25. The van der Waals surface area contributed by atoms with Gasteiger partial charge in [0.25, 0.3) is 9.05 Å². The van der Waals surface area contributed by atoms with Gasteiger partial charge in [-0.05, 0) is 31.0 Å². The van der Waals surface area contributed by atoms with Gasteiger partial charge in [0, 0.05) is 10.7 Å². The highest BCUT2D eigenvalue weighted by Crippen LogP contribution is 2.29. The molecule has 4 nitrogen and oxygen atoms in total. The van der Waals surface area contributed by atoms with Gasteiger partial charge in [-0.3, -0.25) is 0 Å². The van der Waals surface area contributed by atoms with Gasteiger partial charge >= 0.3 is 0 Å². The Morgan fingerprint density at radius 3 is 2.65 bits per heavy atom. The van der Waals surface area contributed by atoms with Crippen LogP contribution in [-0.4, -0.2) is 14.5 Å². The molecule has 0 fully saturated rings. The predicted molar refractivity (Wildman–Crippen MR) is 64.5 cm³/mol. The molecule has 6 heteroatoms. The molecule has 0 heterocycles. The van der Waals surface area contributed by atoms with E-state index in [9.17, 15) is 8.42 Å². The molecule has 1 unspecified atom stereocenters. The van der Waals surface area contributed by atoms with Crippen molar-refractivity contribution >= 4 is 19.7 Å². The number of aryl methyl sites for hydroxylation is 1. The zero-order chi connectivity index (χ0) is 13.1. The number of nitriles is 1. The number of rotatable bonds is 4. The number of nitrogens with zero attached hydrogens (tertiary/aromatic N) is 1. The molecule has 0 saturated heterocycles. The Labute approximate surface area is 105 Å². The Morgan fingerprint density at radius 2 is 2.18 bits per heavy atom. The van der Waals surface area contributed by atoms with E-state index in [2.05, 4.69) is 0 Å². The van der Waals surface area contributed by atoms with Gasteiger partial charge in [-0.1, -0.05) is 13.0 Å². The predicted octanol–water partition coefficient (Wildman–Crippen LogP) is 2.60. The van der Waals surface area contributed by atoms with Gasteiger partial charge in [0.15, 0.2) is 6.10 Å². The summed E-state index contributed by atoms with van der Waals surface area (Å²) >= 11 is 0. The van der Waals surface area contributed by atoms with Crippen molar-refractivity contribution in [1.29, 1.82) is 5.26 Å². The summed E-state index contributed by atoms with van der Waals surface area (Å²) in [6, 6.07) is 6.56. The monoisotopic (exact) mass is 273 g/mol. The number of halogens is 1. The molecule has 0 bridgehead atoms. The zero-order valence-corrected chi connectivity index (χ0v) is 11.0. The molecule has 0 saturated carbocycles. The van der Waals surface area contributed by atoms with Crippen LogP contribution in [0.1, 0.15) is 18.9 Å². The maximum absolute atomic E-state index is 11.4. The fourth-order valence-electron chi connectivity index (χ4n) is 1.26. The Bertz CT molecular complexity index is 548. The highest BCUT2D eigenvalue weighted by Gasteiger charge is 2.19. The Kier molecular flexibility index (Phi) is 4.38. The molecule has 1 aromatic rings. The lowest BCUT2D eigenvalue weighted by atomic mass is 10.2. The first-order chi connectivity index (χ1) is 7.88. The molecular weight excluding hydrogens is 262 g/mol. The van der Waals surface area contributed by atoms with Gasteiger partial charge in [-0.15, -0.1) is 0 Å². The second kappa shape index (κ2) is 5.39. The van der Waals surface area contributed by atoms with Gasteiger partial charge in [-0.2, -0.15) is 5.26 Å². The van der Waals surface area contributed by atoms with Gasteiger partial charge in [0.05, 0.1) is 0 Å². The van der Waals surface area contributed by atoms with Crippen molar-refractivity contribution in [3.63, 3.8) is 0 Å². The fourth-order valence-corrected chi connectivity index (χ4v) is 2.30. The van der Waals surface area contributed by atoms with Crippen LogP contribution in [0, 0.1) is 18.3 Å². The van der Waals surface area contributed by atoms with E-state index in [1.165, 1.54) is 12.1 Å². The molecule has 0 aliphatic carbocycles. The van der Waals surface area contributed by atoms with Crippen molar-refractivity contribution in [2.75, 3.05) is 0 Å². The summed E-state index contributed by atoms with van der Waals surface area (Å²) in [5, 5.41) is 8.78. The minimum atomic E-state index is -3.88. The van der Waals surface area contributed by atoms with Gasteiger partial charge in [-0.25, -0.2) is 8.42 Å². The first-order valence-electron chi connectivity index (χ1n) is 5.00. The van der Waals surface area contributed by atoms with Crippen molar-refractivity contribution in [3.05, 3.63) is 23.8 Å². The quantitative estimate of drug-likeness (QED) is 0.791. The second-order valence-electron chi connectivity index (χ2n) is 3.53. The van der Waals surface area contributed by atoms with Crippen molar-refractivity contribution < 1.29 is 13.2 Å². The molecule has 1 rings (SSSR count). The average molecular weight is 274 g/mol. The van der Waals surface area contributed by atoms with Gasteiger partial charge in [0.2, 0.25) is 0 Å². The zero-order valence-electron chi connectivity index (χ0n) is 9.47. The van der Waals surface area contributed by atoms with Crippen molar-refractivity contribution in [2.45, 2.75) is 31.3 Å². The van der Waals surface area contributed by atoms with Crippen molar-refractivity contribution in [2.24, 2.45) is 0 Å². The fraction of sp³-hybridized carbons (Fsp3) is 0.364. The normalized spacial score (nSPS) is 12.8. The minimum absolute atomic E-state index is 0.104. The molecular formula is C11H12ClNO3S. The summed E-state index contributed by atoms with van der Waals surface area (Å²) in [5.41, 5.74) is 0.751. The van der Waals surface area contributed by atoms with E-state index >= 15 is 0 Å². The van der Waals surface area contributed by atoms with E-state index < -0.39 is 15.2 Å². The summed E-state index contributed by atoms with van der Waals surface area (Å²) in [7, 11) is 1.43. The number of hydrogen-bond donors (Lipinski definition) is 0. The van der Waals surface area contributed by atoms with Crippen molar-refractivity contribution in [1.82, 2.24) is 0 Å². The van der Waals surface area contributed by atoms with Gasteiger partial charge in [0.1, 0.15) is 16.7 Å². The lowest BCUT2D eigenvalue weighted by Crippen LogP contribution is -2.13. The number of hydrogen-bond acceptors (Lipinski definition) is 4. The SMILES string of the molecule is CCC(C#N)Oc1ccc(C)cc1S(=O)(=O)Cl. The largest absolute Gasteiger partial charge is 0.474 e. The maximum atomic E-state index is 11.4. The maximum Gasteiger partial charge on any atom is 0.264 e. The third-order valence-electron chi connectivity index (χ3n) is 2.15. The van der Waals surface area contributed by atoms with E-state index in [1.807, 2.05) is 6.07 Å². The van der Waals surface area contributed by atoms with Crippen LogP contribution in [-0.2, 0) is 9.05 Å². The van der Waals surface area contributed by atoms with Crippen molar-refractivity contribution in [3.8, 4) is 11.8 Å². The highest BCUT2D eigenvalue weighted by molar-refractivity contribution is 8.13. The topological polar surface area (TPSA) is 67.2 Å². The second-order valence-corrected chi connectivity index (χ2v) is 6.07. The average Bonchev–Trinajstić information content (AvgIpc) is 2.26. The van der Waals surface area contributed by atoms with Gasteiger partial charge < -0.3 is 4.74 Å². The van der Waals surface area contributed by atoms with E-state index in [1.54, 1.807) is 19.9 Å². The molecule has 0 aliphatic rings. The summed E-state index contributed by atoms with van der Waals surface area (Å²) in [6.07, 6.45) is -0.221. The van der Waals surface area contributed by atoms with Crippen LogP contribution in [0.25, 0.3) is 0 Å². The van der Waals surface area contributed by atoms with Crippen LogP contribution < -0.4 is 4.74 Å². The molecule has 0 radical (unpaired) electrons. The lowest BCUT2D eigenvalue weighted by Gasteiger charge is -2.13. The number of ether oxygens (including phenoxy) is 1. The summed E-state index contributed by atoms with van der Waals surface area (Å²) in [6.45, 7) is 3.52. The third-order valence-corrected chi connectivity index (χ3v) is 3.49. The Morgan fingerprint density at radius 1 is 1.53 bits per heavy atom. The van der Waals surface area contributed by atoms with E-state index in [-0.39, 0.29) is 10.6 Å². The third kappa shape index (κ3) is 3.62. The summed E-state index contributed by atoms with van der Waals surface area (Å²) in [5.74, 6) is 0.110. The first-order valence-corrected chi connectivity index (χ1v) is 7.31. The van der Waals surface area contributed by atoms with Crippen LogP contribution in [0.2, 0.25) is 0 Å². The lowest BCUT2D eigenvalue weighted by molar-refractivity contribution is 0.245. The van der Waals surface area contributed by atoms with Crippen LogP contribution in [0.5, 0.6) is 5.75 Å². The summed E-state index contributed by atoms with van der Waals surface area (Å²) in [4.78, 5) is -0.104. The molecule has 0 N–H and O–H groups in total. The Balaban J connectivity index is 3.21. The molecule has 0 aliphatic heterocycles. The first kappa shape index (κ1) is 13.8. The standard InChI is InChI=1S/C11H12ClNO3S/c1-3-9(7-13)16-10-5-4-8(2)6-11(10)17(12,14)15/h4-6,9H,3H2,1-2H3. The van der Waals surface area contributed by atoms with Crippen LogP contribution in [0.3, 0.4) is 0 Å². The van der Waals surface area contributed by atoms with Crippen LogP contribution in [0.15, 0.2) is 23.1 Å². The molecule has 0 amide bonds. The minimum Gasteiger partial charge on any atom is -0.474 e. The highest BCUT2D eigenvalue weighted by atomic mass is 35.7. The molecule has 17 heavy (non-hydrogen) atoms. The molecule has 92 valence electrons. The van der Waals surface area contributed by atoms with E-state index in [0.717, 1.165) is 5.56 Å². The van der Waals surface area contributed by atoms with E-state index in [4.69, 9.17) is 20.7 Å². The smallest absolute Gasteiger partial charge is 0.264 e. The summed E-state index contributed by atoms with van der Waals surface area (Å²) < 4.78 is 28.0.